The van der Waals surface area contributed by atoms with Crippen molar-refractivity contribution in [2.45, 2.75) is 26.1 Å². The maximum absolute atomic E-state index is 13.5. The van der Waals surface area contributed by atoms with Crippen molar-refractivity contribution in [3.05, 3.63) is 94.0 Å². The molecule has 0 heterocycles. The molecule has 1 atom stereocenters. The second-order valence-corrected chi connectivity index (χ2v) is 11.3. The highest BCUT2D eigenvalue weighted by Crippen LogP contribution is 2.27. The first kappa shape index (κ1) is 29.3. The fraction of sp³-hybridized carbons (Fsp3) is 0.259. The second-order valence-electron chi connectivity index (χ2n) is 8.55. The largest absolute Gasteiger partial charge is 0.489 e. The van der Waals surface area contributed by atoms with Crippen LogP contribution in [-0.2, 0) is 32.8 Å². The van der Waals surface area contributed by atoms with Gasteiger partial charge in [0.15, 0.2) is 0 Å². The summed E-state index contributed by atoms with van der Waals surface area (Å²) in [5, 5.41) is 3.16. The van der Waals surface area contributed by atoms with Crippen molar-refractivity contribution in [1.82, 2.24) is 10.2 Å². The predicted molar refractivity (Wildman–Crippen MR) is 150 cm³/mol. The molecule has 3 aromatic rings. The van der Waals surface area contributed by atoms with Gasteiger partial charge in [0, 0.05) is 29.2 Å². The summed E-state index contributed by atoms with van der Waals surface area (Å²) >= 11 is 12.6. The summed E-state index contributed by atoms with van der Waals surface area (Å²) < 4.78 is 32.2. The molecule has 0 radical (unpaired) electrons. The minimum absolute atomic E-state index is 0.0875. The summed E-state index contributed by atoms with van der Waals surface area (Å²) in [7, 11) is -2.41. The van der Waals surface area contributed by atoms with Crippen LogP contribution < -0.4 is 14.4 Å². The number of likely N-dealkylation sites (N-methyl/N-ethyl adjacent to an activating group) is 1. The number of halogens is 2. The third-order valence-corrected chi connectivity index (χ3v) is 7.70. The van der Waals surface area contributed by atoms with Crippen LogP contribution in [0.4, 0.5) is 5.69 Å². The topological polar surface area (TPSA) is 96.0 Å². The van der Waals surface area contributed by atoms with Gasteiger partial charge in [-0.25, -0.2) is 8.42 Å². The van der Waals surface area contributed by atoms with Crippen LogP contribution in [0, 0.1) is 0 Å². The maximum Gasteiger partial charge on any atom is 0.244 e. The number of carbonyl (C=O) groups is 2. The average Bonchev–Trinajstić information content (AvgIpc) is 2.90. The fourth-order valence-corrected chi connectivity index (χ4v) is 5.08. The lowest BCUT2D eigenvalue weighted by Gasteiger charge is -2.31. The molecule has 3 rings (SSSR count). The van der Waals surface area contributed by atoms with E-state index in [0.29, 0.717) is 28.0 Å². The van der Waals surface area contributed by atoms with Crippen LogP contribution in [0.2, 0.25) is 10.0 Å². The summed E-state index contributed by atoms with van der Waals surface area (Å²) in [5.41, 5.74) is 1.71. The number of nitrogens with zero attached hydrogens (tertiary/aromatic N) is 2. The highest BCUT2D eigenvalue weighted by molar-refractivity contribution is 7.92. The predicted octanol–water partition coefficient (Wildman–Crippen LogP) is 4.50. The van der Waals surface area contributed by atoms with Gasteiger partial charge in [0.25, 0.3) is 0 Å². The first-order chi connectivity index (χ1) is 18.0. The van der Waals surface area contributed by atoms with Crippen LogP contribution in [0.15, 0.2) is 72.8 Å². The van der Waals surface area contributed by atoms with Crippen LogP contribution in [0.25, 0.3) is 0 Å². The molecule has 0 aliphatic rings. The molecule has 1 N–H and O–H groups in total. The quantitative estimate of drug-likeness (QED) is 0.362. The van der Waals surface area contributed by atoms with E-state index in [2.05, 4.69) is 5.32 Å². The fourth-order valence-electron chi connectivity index (χ4n) is 3.71. The second kappa shape index (κ2) is 13.0. The zero-order valence-corrected chi connectivity index (χ0v) is 23.6. The number of rotatable bonds is 11. The highest BCUT2D eigenvalue weighted by atomic mass is 35.5. The number of hydrogen-bond acceptors (Lipinski definition) is 5. The van der Waals surface area contributed by atoms with Gasteiger partial charge in [0.2, 0.25) is 21.8 Å². The van der Waals surface area contributed by atoms with E-state index in [1.54, 1.807) is 49.4 Å². The Kier molecular flexibility index (Phi) is 10.0. The van der Waals surface area contributed by atoms with Gasteiger partial charge in [-0.3, -0.25) is 13.9 Å². The van der Waals surface area contributed by atoms with Crippen molar-refractivity contribution in [2.24, 2.45) is 0 Å². The summed E-state index contributed by atoms with van der Waals surface area (Å²) in [5.74, 6) is -0.486. The van der Waals surface area contributed by atoms with Gasteiger partial charge in [0.1, 0.15) is 24.9 Å². The van der Waals surface area contributed by atoms with E-state index >= 15 is 0 Å². The minimum atomic E-state index is -3.86. The Morgan fingerprint density at radius 3 is 2.11 bits per heavy atom. The Balaban J connectivity index is 1.84. The van der Waals surface area contributed by atoms with Crippen molar-refractivity contribution < 1.29 is 22.7 Å². The Morgan fingerprint density at radius 2 is 1.55 bits per heavy atom. The van der Waals surface area contributed by atoms with Crippen molar-refractivity contribution in [3.63, 3.8) is 0 Å². The van der Waals surface area contributed by atoms with Gasteiger partial charge in [-0.05, 0) is 48.9 Å². The smallest absolute Gasteiger partial charge is 0.244 e. The molecule has 11 heteroatoms. The standard InChI is InChI=1S/C27H29Cl2N3O5S/c1-19(27(34)30-2)31(16-23-24(28)10-7-11-25(23)29)26(33)17-32(38(3,35)36)21-12-14-22(15-13-21)37-18-20-8-5-4-6-9-20/h4-15,19H,16-18H2,1-3H3,(H,30,34). The van der Waals surface area contributed by atoms with Crippen LogP contribution in [0.1, 0.15) is 18.1 Å². The van der Waals surface area contributed by atoms with Gasteiger partial charge in [-0.2, -0.15) is 0 Å². The van der Waals surface area contributed by atoms with E-state index in [0.717, 1.165) is 16.1 Å². The number of anilines is 1. The molecule has 0 saturated heterocycles. The van der Waals surface area contributed by atoms with Gasteiger partial charge < -0.3 is 15.0 Å². The number of carbonyl (C=O) groups excluding carboxylic acids is 2. The van der Waals surface area contributed by atoms with Gasteiger partial charge in [0.05, 0.1) is 11.9 Å². The van der Waals surface area contributed by atoms with Crippen LogP contribution >= 0.6 is 23.2 Å². The molecular formula is C27H29Cl2N3O5S. The summed E-state index contributed by atoms with van der Waals surface area (Å²) in [6.07, 6.45) is 1.01. The van der Waals surface area contributed by atoms with Crippen molar-refractivity contribution >= 4 is 50.7 Å². The van der Waals surface area contributed by atoms with Crippen molar-refractivity contribution in [2.75, 3.05) is 24.2 Å². The summed E-state index contributed by atoms with van der Waals surface area (Å²) in [6.45, 7) is 1.28. The molecule has 38 heavy (non-hydrogen) atoms. The lowest BCUT2D eigenvalue weighted by Crippen LogP contribution is -2.50. The monoisotopic (exact) mass is 577 g/mol. The molecule has 1 unspecified atom stereocenters. The normalized spacial score (nSPS) is 11.9. The molecule has 0 fully saturated rings. The SMILES string of the molecule is CNC(=O)C(C)N(Cc1c(Cl)cccc1Cl)C(=O)CN(c1ccc(OCc2ccccc2)cc1)S(C)(=O)=O. The zero-order chi connectivity index (χ0) is 27.9. The average molecular weight is 579 g/mol. The molecule has 3 aromatic carbocycles. The Morgan fingerprint density at radius 1 is 0.947 bits per heavy atom. The Labute approximate surface area is 233 Å². The van der Waals surface area contributed by atoms with Crippen molar-refractivity contribution in [3.8, 4) is 5.75 Å². The summed E-state index contributed by atoms with van der Waals surface area (Å²) in [6, 6.07) is 20.0. The molecule has 0 spiro atoms. The first-order valence-corrected chi connectivity index (χ1v) is 14.3. The number of ether oxygens (including phenoxy) is 1. The van der Waals surface area contributed by atoms with E-state index in [-0.39, 0.29) is 12.2 Å². The van der Waals surface area contributed by atoms with Gasteiger partial charge in [-0.1, -0.05) is 59.6 Å². The van der Waals surface area contributed by atoms with E-state index in [9.17, 15) is 18.0 Å². The van der Waals surface area contributed by atoms with E-state index < -0.39 is 34.4 Å². The number of amides is 2. The minimum Gasteiger partial charge on any atom is -0.489 e. The zero-order valence-electron chi connectivity index (χ0n) is 21.2. The molecule has 0 saturated carbocycles. The Hall–Kier alpha value is -3.27. The number of benzene rings is 3. The lowest BCUT2D eigenvalue weighted by molar-refractivity contribution is -0.139. The van der Waals surface area contributed by atoms with E-state index in [4.69, 9.17) is 27.9 Å². The molecule has 202 valence electrons. The highest BCUT2D eigenvalue weighted by Gasteiger charge is 2.30. The molecule has 2 amide bonds. The molecule has 0 aromatic heterocycles. The number of hydrogen-bond donors (Lipinski definition) is 1. The number of sulfonamides is 1. The molecule has 0 aliphatic heterocycles. The van der Waals surface area contributed by atoms with E-state index in [1.165, 1.54) is 11.9 Å². The van der Waals surface area contributed by atoms with Crippen LogP contribution in [-0.4, -0.2) is 51.0 Å². The molecule has 0 aliphatic carbocycles. The lowest BCUT2D eigenvalue weighted by atomic mass is 10.1. The third kappa shape index (κ3) is 7.63. The van der Waals surface area contributed by atoms with Crippen LogP contribution in [0.3, 0.4) is 0 Å². The molecule has 0 bridgehead atoms. The van der Waals surface area contributed by atoms with Crippen LogP contribution in [0.5, 0.6) is 5.75 Å². The first-order valence-electron chi connectivity index (χ1n) is 11.7. The van der Waals surface area contributed by atoms with Gasteiger partial charge in [-0.15, -0.1) is 0 Å². The third-order valence-electron chi connectivity index (χ3n) is 5.86. The molecule has 8 nitrogen and oxygen atoms in total. The molecular weight excluding hydrogens is 549 g/mol. The number of nitrogens with one attached hydrogen (secondary N) is 1. The van der Waals surface area contributed by atoms with Crippen molar-refractivity contribution in [1.29, 1.82) is 0 Å². The maximum atomic E-state index is 13.5. The summed E-state index contributed by atoms with van der Waals surface area (Å²) in [4.78, 5) is 27.2. The van der Waals surface area contributed by atoms with E-state index in [1.807, 2.05) is 30.3 Å². The van der Waals surface area contributed by atoms with Gasteiger partial charge >= 0.3 is 0 Å². The Bertz CT molecular complexity index is 1350.